The molecule has 4 nitrogen and oxygen atoms in total. The van der Waals surface area contributed by atoms with E-state index in [0.717, 1.165) is 18.1 Å². The van der Waals surface area contributed by atoms with Crippen molar-refractivity contribution in [3.05, 3.63) is 24.5 Å². The maximum Gasteiger partial charge on any atom is 0.410 e. The Morgan fingerprint density at radius 2 is 1.59 bits per heavy atom. The van der Waals surface area contributed by atoms with Crippen molar-refractivity contribution >= 4 is 14.4 Å². The second kappa shape index (κ2) is 11.5. The molecule has 0 aromatic rings. The average Bonchev–Trinajstić information content (AvgIpc) is 2.62. The van der Waals surface area contributed by atoms with E-state index in [4.69, 9.17) is 9.16 Å². The first-order chi connectivity index (χ1) is 12.6. The number of carbonyl (C=O) groups is 1. The standard InChI is InChI=1S/C20H37F2NO3Si/c1-9-15-20(7,8)17(25-19(24)23(10-2)11-3)16(18(21)22)26-27(12-4,13-5)14-6/h9,17H,1,10-15H2,2-8H3. The summed E-state index contributed by atoms with van der Waals surface area (Å²) < 4.78 is 39.7. The van der Waals surface area contributed by atoms with E-state index in [1.54, 1.807) is 19.9 Å². The minimum absolute atomic E-state index is 0.405. The molecule has 0 saturated heterocycles. The molecule has 0 aliphatic carbocycles. The Balaban J connectivity index is 6.09. The third kappa shape index (κ3) is 6.94. The second-order valence-electron chi connectivity index (χ2n) is 7.39. The van der Waals surface area contributed by atoms with E-state index < -0.39 is 37.8 Å². The highest BCUT2D eigenvalue weighted by Crippen LogP contribution is 2.38. The molecule has 0 aliphatic heterocycles. The van der Waals surface area contributed by atoms with E-state index in [9.17, 15) is 13.6 Å². The fourth-order valence-corrected chi connectivity index (χ4v) is 5.68. The van der Waals surface area contributed by atoms with Crippen LogP contribution < -0.4 is 0 Å². The predicted molar refractivity (Wildman–Crippen MR) is 109 cm³/mol. The van der Waals surface area contributed by atoms with E-state index in [0.29, 0.717) is 19.5 Å². The van der Waals surface area contributed by atoms with Crippen LogP contribution in [0.5, 0.6) is 0 Å². The van der Waals surface area contributed by atoms with Gasteiger partial charge in [0.15, 0.2) is 11.9 Å². The largest absolute Gasteiger partial charge is 0.540 e. The number of hydrogen-bond acceptors (Lipinski definition) is 3. The molecule has 0 radical (unpaired) electrons. The van der Waals surface area contributed by atoms with Gasteiger partial charge < -0.3 is 14.1 Å². The average molecular weight is 406 g/mol. The molecular weight excluding hydrogens is 368 g/mol. The van der Waals surface area contributed by atoms with Crippen LogP contribution in [0.1, 0.15) is 54.9 Å². The molecule has 27 heavy (non-hydrogen) atoms. The van der Waals surface area contributed by atoms with E-state index >= 15 is 0 Å². The van der Waals surface area contributed by atoms with Crippen molar-refractivity contribution in [1.29, 1.82) is 0 Å². The SMILES string of the molecule is C=CCC(C)(C)C(OC(=O)N(CC)CC)C(O[Si](CC)(CC)CC)=C(F)F. The normalized spacial score (nSPS) is 12.9. The Kier molecular flexibility index (Phi) is 10.9. The third-order valence-electron chi connectivity index (χ3n) is 5.30. The first kappa shape index (κ1) is 25.6. The summed E-state index contributed by atoms with van der Waals surface area (Å²) in [5, 5.41) is 0. The summed E-state index contributed by atoms with van der Waals surface area (Å²) in [6, 6.07) is 2.15. The Labute approximate surface area is 164 Å². The van der Waals surface area contributed by atoms with Crippen LogP contribution in [0.3, 0.4) is 0 Å². The van der Waals surface area contributed by atoms with E-state index in [2.05, 4.69) is 6.58 Å². The Bertz CT molecular complexity index is 503. The molecule has 1 atom stereocenters. The molecule has 0 heterocycles. The molecule has 0 spiro atoms. The van der Waals surface area contributed by atoms with Gasteiger partial charge in [-0.2, -0.15) is 8.78 Å². The molecule has 158 valence electrons. The van der Waals surface area contributed by atoms with Gasteiger partial charge in [-0.3, -0.25) is 0 Å². The lowest BCUT2D eigenvalue weighted by Crippen LogP contribution is -2.45. The molecule has 0 aromatic carbocycles. The number of halogens is 2. The third-order valence-corrected chi connectivity index (χ3v) is 9.82. The van der Waals surface area contributed by atoms with Crippen molar-refractivity contribution in [1.82, 2.24) is 4.90 Å². The van der Waals surface area contributed by atoms with Gasteiger partial charge in [0.25, 0.3) is 0 Å². The molecule has 0 N–H and O–H groups in total. The summed E-state index contributed by atoms with van der Waals surface area (Å²) in [5.74, 6) is -0.487. The summed E-state index contributed by atoms with van der Waals surface area (Å²) in [7, 11) is -2.37. The fraction of sp³-hybridized carbons (Fsp3) is 0.750. The molecule has 7 heteroatoms. The Morgan fingerprint density at radius 1 is 1.11 bits per heavy atom. The van der Waals surface area contributed by atoms with Crippen molar-refractivity contribution < 1.29 is 22.7 Å². The van der Waals surface area contributed by atoms with Crippen molar-refractivity contribution in [2.24, 2.45) is 5.41 Å². The summed E-state index contributed by atoms with van der Waals surface area (Å²) >= 11 is 0. The van der Waals surface area contributed by atoms with Gasteiger partial charge in [0.05, 0.1) is 0 Å². The highest BCUT2D eigenvalue weighted by atomic mass is 28.4. The van der Waals surface area contributed by atoms with Gasteiger partial charge in [0.2, 0.25) is 8.32 Å². The van der Waals surface area contributed by atoms with Crippen LogP contribution in [0.4, 0.5) is 13.6 Å². The summed E-state index contributed by atoms with van der Waals surface area (Å²) in [4.78, 5) is 14.0. The van der Waals surface area contributed by atoms with Crippen molar-refractivity contribution in [3.8, 4) is 0 Å². The quantitative estimate of drug-likeness (QED) is 0.209. The molecule has 0 fully saturated rings. The van der Waals surface area contributed by atoms with Gasteiger partial charge in [-0.15, -0.1) is 6.58 Å². The highest BCUT2D eigenvalue weighted by molar-refractivity contribution is 6.73. The molecule has 0 bridgehead atoms. The van der Waals surface area contributed by atoms with Crippen LogP contribution >= 0.6 is 0 Å². The van der Waals surface area contributed by atoms with E-state index in [-0.39, 0.29) is 0 Å². The van der Waals surface area contributed by atoms with Gasteiger partial charge in [-0.25, -0.2) is 4.79 Å². The van der Waals surface area contributed by atoms with Crippen molar-refractivity contribution in [3.63, 3.8) is 0 Å². The Morgan fingerprint density at radius 3 is 1.93 bits per heavy atom. The molecule has 0 rings (SSSR count). The van der Waals surface area contributed by atoms with Crippen LogP contribution in [0.2, 0.25) is 18.1 Å². The molecule has 1 unspecified atom stereocenters. The lowest BCUT2D eigenvalue weighted by atomic mass is 9.82. The maximum atomic E-state index is 14.0. The summed E-state index contributed by atoms with van der Waals surface area (Å²) in [6.07, 6.45) is -1.65. The predicted octanol–water partition coefficient (Wildman–Crippen LogP) is 6.57. The van der Waals surface area contributed by atoms with E-state index in [1.165, 1.54) is 4.90 Å². The maximum absolute atomic E-state index is 14.0. The molecule has 0 aromatic heterocycles. The zero-order valence-electron chi connectivity index (χ0n) is 18.0. The minimum Gasteiger partial charge on any atom is -0.540 e. The molecular formula is C20H37F2NO3Si. The first-order valence-electron chi connectivity index (χ1n) is 9.88. The van der Waals surface area contributed by atoms with Crippen LogP contribution in [-0.4, -0.2) is 38.5 Å². The zero-order valence-corrected chi connectivity index (χ0v) is 19.0. The van der Waals surface area contributed by atoms with Crippen LogP contribution in [0.25, 0.3) is 0 Å². The number of nitrogens with zero attached hydrogens (tertiary/aromatic N) is 1. The number of rotatable bonds is 12. The monoisotopic (exact) mass is 405 g/mol. The smallest absolute Gasteiger partial charge is 0.410 e. The van der Waals surface area contributed by atoms with Crippen molar-refractivity contribution in [2.75, 3.05) is 13.1 Å². The van der Waals surface area contributed by atoms with Gasteiger partial charge in [0.1, 0.15) is 0 Å². The Hall–Kier alpha value is -1.37. The van der Waals surface area contributed by atoms with Crippen LogP contribution in [0.15, 0.2) is 24.5 Å². The van der Waals surface area contributed by atoms with Crippen molar-refractivity contribution in [2.45, 2.75) is 79.1 Å². The molecule has 0 aliphatic rings. The topological polar surface area (TPSA) is 38.8 Å². The minimum atomic E-state index is -2.37. The number of carbonyl (C=O) groups excluding carboxylic acids is 1. The van der Waals surface area contributed by atoms with Gasteiger partial charge in [-0.05, 0) is 38.4 Å². The summed E-state index contributed by atoms with van der Waals surface area (Å²) in [6.45, 7) is 17.7. The second-order valence-corrected chi connectivity index (χ2v) is 12.1. The fourth-order valence-electron chi connectivity index (χ4n) is 3.10. The lowest BCUT2D eigenvalue weighted by Gasteiger charge is -2.39. The number of allylic oxidation sites excluding steroid dienone is 1. The number of ether oxygens (including phenoxy) is 1. The van der Waals surface area contributed by atoms with Gasteiger partial charge in [-0.1, -0.05) is 40.7 Å². The lowest BCUT2D eigenvalue weighted by molar-refractivity contribution is 0.00133. The molecule has 1 amide bonds. The summed E-state index contributed by atoms with van der Waals surface area (Å²) in [5.41, 5.74) is -0.779. The van der Waals surface area contributed by atoms with Crippen LogP contribution in [0, 0.1) is 5.41 Å². The first-order valence-corrected chi connectivity index (χ1v) is 12.4. The van der Waals surface area contributed by atoms with Gasteiger partial charge >= 0.3 is 12.2 Å². The van der Waals surface area contributed by atoms with E-state index in [1.807, 2.05) is 34.6 Å². The molecule has 0 saturated carbocycles. The van der Waals surface area contributed by atoms with Gasteiger partial charge in [0, 0.05) is 18.5 Å². The van der Waals surface area contributed by atoms with Crippen LogP contribution in [-0.2, 0) is 9.16 Å². The number of hydrogen-bond donors (Lipinski definition) is 0. The number of amides is 1. The highest BCUT2D eigenvalue weighted by Gasteiger charge is 2.43. The zero-order chi connectivity index (χ0) is 21.3.